The molecule has 0 atom stereocenters. The number of ether oxygens (including phenoxy) is 3. The number of rotatable bonds is 8. The van der Waals surface area contributed by atoms with E-state index in [9.17, 15) is 13.6 Å². The van der Waals surface area contributed by atoms with Crippen molar-refractivity contribution in [1.29, 1.82) is 0 Å². The number of para-hydroxylation sites is 1. The summed E-state index contributed by atoms with van der Waals surface area (Å²) in [6, 6.07) is 11.5. The van der Waals surface area contributed by atoms with E-state index >= 15 is 0 Å². The summed E-state index contributed by atoms with van der Waals surface area (Å²) in [5.74, 6) is 0.856. The number of carbonyl (C=O) groups is 1. The molecule has 138 valence electrons. The fourth-order valence-electron chi connectivity index (χ4n) is 2.23. The number of benzene rings is 2. The molecular formula is C19H19F2NO4. The van der Waals surface area contributed by atoms with Gasteiger partial charge in [-0.05, 0) is 24.3 Å². The maximum atomic E-state index is 12.4. The molecular weight excluding hydrogens is 344 g/mol. The molecule has 0 fully saturated rings. The van der Waals surface area contributed by atoms with Gasteiger partial charge >= 0.3 is 6.61 Å². The number of amides is 1. The number of carbonyl (C=O) groups excluding carboxylic acids is 1. The lowest BCUT2D eigenvalue weighted by Crippen LogP contribution is -2.20. The summed E-state index contributed by atoms with van der Waals surface area (Å²) in [7, 11) is 3.08. The number of hydrogen-bond donors (Lipinski definition) is 1. The van der Waals surface area contributed by atoms with Gasteiger partial charge in [-0.25, -0.2) is 0 Å². The Morgan fingerprint density at radius 3 is 2.58 bits per heavy atom. The van der Waals surface area contributed by atoms with Crippen LogP contribution >= 0.6 is 0 Å². The maximum absolute atomic E-state index is 12.4. The lowest BCUT2D eigenvalue weighted by molar-refractivity contribution is -0.116. The van der Waals surface area contributed by atoms with Crippen LogP contribution in [-0.4, -0.2) is 26.7 Å². The van der Waals surface area contributed by atoms with Crippen molar-refractivity contribution in [2.24, 2.45) is 0 Å². The van der Waals surface area contributed by atoms with Crippen LogP contribution in [0.2, 0.25) is 0 Å². The summed E-state index contributed by atoms with van der Waals surface area (Å²) in [6.45, 7) is -2.69. The van der Waals surface area contributed by atoms with Gasteiger partial charge in [0.25, 0.3) is 0 Å². The van der Waals surface area contributed by atoms with Crippen LogP contribution in [0, 0.1) is 0 Å². The molecule has 1 N–H and O–H groups in total. The molecule has 0 aliphatic rings. The van der Waals surface area contributed by atoms with E-state index in [1.54, 1.807) is 43.5 Å². The fourth-order valence-corrected chi connectivity index (χ4v) is 2.23. The van der Waals surface area contributed by atoms with Crippen molar-refractivity contribution in [3.05, 3.63) is 59.7 Å². The highest BCUT2D eigenvalue weighted by molar-refractivity contribution is 5.92. The second-order valence-electron chi connectivity index (χ2n) is 5.15. The van der Waals surface area contributed by atoms with Crippen LogP contribution in [0.3, 0.4) is 0 Å². The largest absolute Gasteiger partial charge is 0.497 e. The lowest BCUT2D eigenvalue weighted by atomic mass is 10.1. The summed E-state index contributed by atoms with van der Waals surface area (Å²) in [5.41, 5.74) is 1.15. The Bertz CT molecular complexity index is 778. The fraction of sp³-hybridized carbons (Fsp3) is 0.211. The molecule has 2 aromatic rings. The molecule has 7 heteroatoms. The molecule has 0 spiro atoms. The van der Waals surface area contributed by atoms with E-state index in [1.165, 1.54) is 25.3 Å². The molecule has 2 rings (SSSR count). The number of hydrogen-bond acceptors (Lipinski definition) is 4. The first-order valence-electron chi connectivity index (χ1n) is 7.74. The predicted molar refractivity (Wildman–Crippen MR) is 93.5 cm³/mol. The zero-order valence-electron chi connectivity index (χ0n) is 14.4. The zero-order valence-corrected chi connectivity index (χ0v) is 14.4. The van der Waals surface area contributed by atoms with Crippen molar-refractivity contribution in [2.75, 3.05) is 14.2 Å². The normalized spacial score (nSPS) is 10.8. The van der Waals surface area contributed by atoms with Gasteiger partial charge in [0.15, 0.2) is 0 Å². The first kappa shape index (κ1) is 19.2. The third kappa shape index (κ3) is 5.47. The van der Waals surface area contributed by atoms with E-state index in [0.717, 1.165) is 5.56 Å². The molecule has 5 nitrogen and oxygen atoms in total. The topological polar surface area (TPSA) is 56.8 Å². The van der Waals surface area contributed by atoms with Crippen LogP contribution in [0.25, 0.3) is 6.08 Å². The van der Waals surface area contributed by atoms with Gasteiger partial charge < -0.3 is 19.5 Å². The summed E-state index contributed by atoms with van der Waals surface area (Å²) in [5, 5.41) is 2.71. The average Bonchev–Trinajstić information content (AvgIpc) is 2.65. The van der Waals surface area contributed by atoms with Gasteiger partial charge in [-0.2, -0.15) is 8.78 Å². The number of methoxy groups -OCH3 is 2. The van der Waals surface area contributed by atoms with Gasteiger partial charge in [-0.15, -0.1) is 0 Å². The van der Waals surface area contributed by atoms with Gasteiger partial charge in [0.05, 0.1) is 14.2 Å². The Balaban J connectivity index is 2.00. The summed E-state index contributed by atoms with van der Waals surface area (Å²) >= 11 is 0. The van der Waals surface area contributed by atoms with Crippen LogP contribution in [0.15, 0.2) is 48.5 Å². The molecule has 0 saturated heterocycles. The van der Waals surface area contributed by atoms with Crippen molar-refractivity contribution in [1.82, 2.24) is 5.32 Å². The van der Waals surface area contributed by atoms with Crippen molar-refractivity contribution < 1.29 is 27.8 Å². The second-order valence-corrected chi connectivity index (χ2v) is 5.15. The molecule has 0 heterocycles. The monoisotopic (exact) mass is 363 g/mol. The smallest absolute Gasteiger partial charge is 0.387 e. The van der Waals surface area contributed by atoms with Gasteiger partial charge in [0.2, 0.25) is 5.91 Å². The molecule has 2 aromatic carbocycles. The van der Waals surface area contributed by atoms with Crippen LogP contribution in [0.1, 0.15) is 11.1 Å². The third-order valence-electron chi connectivity index (χ3n) is 3.50. The number of nitrogens with one attached hydrogen (secondary N) is 1. The molecule has 0 aliphatic carbocycles. The van der Waals surface area contributed by atoms with Crippen LogP contribution in [0.4, 0.5) is 8.78 Å². The Morgan fingerprint density at radius 1 is 1.12 bits per heavy atom. The summed E-state index contributed by atoms with van der Waals surface area (Å²) in [6.07, 6.45) is 2.67. The highest BCUT2D eigenvalue weighted by atomic mass is 19.3. The maximum Gasteiger partial charge on any atom is 0.387 e. The quantitative estimate of drug-likeness (QED) is 0.728. The Morgan fingerprint density at radius 2 is 1.88 bits per heavy atom. The highest BCUT2D eigenvalue weighted by Crippen LogP contribution is 2.24. The van der Waals surface area contributed by atoms with Gasteiger partial charge in [0.1, 0.15) is 17.2 Å². The molecule has 0 bridgehead atoms. The van der Waals surface area contributed by atoms with Crippen molar-refractivity contribution in [3.8, 4) is 17.2 Å². The Kier molecular flexibility index (Phi) is 6.96. The van der Waals surface area contributed by atoms with E-state index in [-0.39, 0.29) is 18.2 Å². The first-order chi connectivity index (χ1) is 12.5. The molecule has 0 unspecified atom stereocenters. The second kappa shape index (κ2) is 9.41. The molecule has 0 saturated carbocycles. The third-order valence-corrected chi connectivity index (χ3v) is 3.50. The molecule has 0 radical (unpaired) electrons. The van der Waals surface area contributed by atoms with Crippen molar-refractivity contribution in [2.45, 2.75) is 13.2 Å². The molecule has 1 amide bonds. The van der Waals surface area contributed by atoms with Crippen molar-refractivity contribution >= 4 is 12.0 Å². The van der Waals surface area contributed by atoms with Crippen LogP contribution < -0.4 is 19.5 Å². The first-order valence-corrected chi connectivity index (χ1v) is 7.74. The van der Waals surface area contributed by atoms with Gasteiger partial charge in [-0.1, -0.05) is 18.2 Å². The van der Waals surface area contributed by atoms with Gasteiger partial charge in [0, 0.05) is 29.8 Å². The van der Waals surface area contributed by atoms with E-state index < -0.39 is 6.61 Å². The minimum absolute atomic E-state index is 0.00312. The van der Waals surface area contributed by atoms with Crippen molar-refractivity contribution in [3.63, 3.8) is 0 Å². The number of halogens is 2. The Labute approximate surface area is 150 Å². The van der Waals surface area contributed by atoms with E-state index in [1.807, 2.05) is 0 Å². The average molecular weight is 363 g/mol. The van der Waals surface area contributed by atoms with Crippen LogP contribution in [0.5, 0.6) is 17.2 Å². The molecule has 0 aliphatic heterocycles. The summed E-state index contributed by atoms with van der Waals surface area (Å²) in [4.78, 5) is 12.0. The molecule has 0 aromatic heterocycles. The SMILES string of the molecule is COc1ccc(CNC(=O)/C=C/c2ccccc2OC(F)F)c(OC)c1. The highest BCUT2D eigenvalue weighted by Gasteiger charge is 2.08. The van der Waals surface area contributed by atoms with E-state index in [2.05, 4.69) is 10.1 Å². The zero-order chi connectivity index (χ0) is 18.9. The van der Waals surface area contributed by atoms with E-state index in [0.29, 0.717) is 17.1 Å². The number of alkyl halides is 2. The lowest BCUT2D eigenvalue weighted by Gasteiger charge is -2.10. The van der Waals surface area contributed by atoms with E-state index in [4.69, 9.17) is 9.47 Å². The predicted octanol–water partition coefficient (Wildman–Crippen LogP) is 3.63. The van der Waals surface area contributed by atoms with Crippen LogP contribution in [-0.2, 0) is 11.3 Å². The Hall–Kier alpha value is -3.09. The van der Waals surface area contributed by atoms with Gasteiger partial charge in [-0.3, -0.25) is 4.79 Å². The summed E-state index contributed by atoms with van der Waals surface area (Å²) < 4.78 is 39.6. The minimum Gasteiger partial charge on any atom is -0.497 e. The molecule has 26 heavy (non-hydrogen) atoms. The standard InChI is InChI=1S/C19H19F2NO4/c1-24-15-9-7-14(17(11-15)25-2)12-22-18(23)10-8-13-5-3-4-6-16(13)26-19(20)21/h3-11,19H,12H2,1-2H3,(H,22,23)/b10-8+. The minimum atomic E-state index is -2.93.